The number of rotatable bonds is 5. The molecule has 0 spiro atoms. The van der Waals surface area contributed by atoms with Gasteiger partial charge in [0.1, 0.15) is 5.75 Å². The van der Waals surface area contributed by atoms with Crippen LogP contribution in [0, 0.1) is 5.92 Å². The number of nitrogens with one attached hydrogen (secondary N) is 1. The van der Waals surface area contributed by atoms with E-state index in [2.05, 4.69) is 41.7 Å². The average Bonchev–Trinajstić information content (AvgIpc) is 3.00. The van der Waals surface area contributed by atoms with Crippen LogP contribution < -0.4 is 10.1 Å². The number of fused-ring (bicyclic) bond motifs is 1. The molecule has 0 aliphatic carbocycles. The Balaban J connectivity index is 1.77. The van der Waals surface area contributed by atoms with Crippen molar-refractivity contribution in [1.82, 2.24) is 5.32 Å². The van der Waals surface area contributed by atoms with Gasteiger partial charge < -0.3 is 14.8 Å². The standard InChI is InChI=1S/C17H21NO2/c1-19-17-7-6-14-4-2-3-5-15(14)16(17)11-18-10-13-8-9-20-12-13/h2-7,13,18H,8-12H2,1H3. The minimum Gasteiger partial charge on any atom is -0.496 e. The minimum absolute atomic E-state index is 0.649. The van der Waals surface area contributed by atoms with Gasteiger partial charge in [-0.1, -0.05) is 30.3 Å². The lowest BCUT2D eigenvalue weighted by Crippen LogP contribution is -2.23. The third kappa shape index (κ3) is 2.79. The smallest absolute Gasteiger partial charge is 0.123 e. The molecule has 3 nitrogen and oxygen atoms in total. The molecule has 1 atom stereocenters. The van der Waals surface area contributed by atoms with E-state index in [1.165, 1.54) is 22.8 Å². The second-order valence-corrected chi connectivity index (χ2v) is 5.33. The van der Waals surface area contributed by atoms with Crippen LogP contribution in [0.1, 0.15) is 12.0 Å². The fourth-order valence-corrected chi connectivity index (χ4v) is 2.84. The molecule has 20 heavy (non-hydrogen) atoms. The van der Waals surface area contributed by atoms with Gasteiger partial charge in [0.15, 0.2) is 0 Å². The summed E-state index contributed by atoms with van der Waals surface area (Å²) in [4.78, 5) is 0. The maximum absolute atomic E-state index is 5.51. The Labute approximate surface area is 119 Å². The van der Waals surface area contributed by atoms with Crippen molar-refractivity contribution in [3.8, 4) is 5.75 Å². The van der Waals surface area contributed by atoms with Crippen molar-refractivity contribution in [2.24, 2.45) is 5.92 Å². The zero-order valence-electron chi connectivity index (χ0n) is 11.9. The Morgan fingerprint density at radius 1 is 1.25 bits per heavy atom. The van der Waals surface area contributed by atoms with E-state index < -0.39 is 0 Å². The van der Waals surface area contributed by atoms with Crippen molar-refractivity contribution >= 4 is 10.8 Å². The highest BCUT2D eigenvalue weighted by atomic mass is 16.5. The van der Waals surface area contributed by atoms with Gasteiger partial charge in [0, 0.05) is 25.3 Å². The molecule has 1 N–H and O–H groups in total. The molecular formula is C17H21NO2. The Hall–Kier alpha value is -1.58. The molecule has 1 saturated heterocycles. The predicted molar refractivity (Wildman–Crippen MR) is 81.1 cm³/mol. The number of methoxy groups -OCH3 is 1. The van der Waals surface area contributed by atoms with Gasteiger partial charge in [-0.3, -0.25) is 0 Å². The summed E-state index contributed by atoms with van der Waals surface area (Å²) in [6.45, 7) is 3.64. The van der Waals surface area contributed by atoms with Gasteiger partial charge in [0.05, 0.1) is 13.7 Å². The van der Waals surface area contributed by atoms with Crippen LogP contribution >= 0.6 is 0 Å². The lowest BCUT2D eigenvalue weighted by atomic mass is 10.0. The third-order valence-corrected chi connectivity index (χ3v) is 3.98. The van der Waals surface area contributed by atoms with E-state index in [-0.39, 0.29) is 0 Å². The summed E-state index contributed by atoms with van der Waals surface area (Å²) in [6, 6.07) is 12.6. The van der Waals surface area contributed by atoms with Crippen LogP contribution in [-0.4, -0.2) is 26.9 Å². The molecule has 1 heterocycles. The van der Waals surface area contributed by atoms with E-state index in [9.17, 15) is 0 Å². The van der Waals surface area contributed by atoms with Crippen LogP contribution in [0.3, 0.4) is 0 Å². The van der Waals surface area contributed by atoms with Crippen LogP contribution in [0.4, 0.5) is 0 Å². The van der Waals surface area contributed by atoms with E-state index in [4.69, 9.17) is 9.47 Å². The van der Waals surface area contributed by atoms with E-state index in [0.717, 1.165) is 32.1 Å². The molecule has 1 fully saturated rings. The fraction of sp³-hybridized carbons (Fsp3) is 0.412. The third-order valence-electron chi connectivity index (χ3n) is 3.98. The fourth-order valence-electron chi connectivity index (χ4n) is 2.84. The summed E-state index contributed by atoms with van der Waals surface area (Å²) in [7, 11) is 1.73. The molecule has 1 aliphatic rings. The van der Waals surface area contributed by atoms with E-state index in [1.807, 2.05) is 0 Å². The first kappa shape index (κ1) is 13.4. The Bertz CT molecular complexity index is 576. The highest BCUT2D eigenvalue weighted by Crippen LogP contribution is 2.27. The maximum Gasteiger partial charge on any atom is 0.123 e. The number of hydrogen-bond donors (Lipinski definition) is 1. The van der Waals surface area contributed by atoms with Crippen molar-refractivity contribution in [3.63, 3.8) is 0 Å². The summed E-state index contributed by atoms with van der Waals surface area (Å²) in [5.74, 6) is 1.61. The van der Waals surface area contributed by atoms with Crippen molar-refractivity contribution in [3.05, 3.63) is 42.0 Å². The predicted octanol–water partition coefficient (Wildman–Crippen LogP) is 2.97. The highest BCUT2D eigenvalue weighted by Gasteiger charge is 2.15. The summed E-state index contributed by atoms with van der Waals surface area (Å²) >= 11 is 0. The largest absolute Gasteiger partial charge is 0.496 e. The first-order valence-electron chi connectivity index (χ1n) is 7.21. The first-order valence-corrected chi connectivity index (χ1v) is 7.21. The summed E-state index contributed by atoms with van der Waals surface area (Å²) in [6.07, 6.45) is 1.17. The summed E-state index contributed by atoms with van der Waals surface area (Å²) < 4.78 is 10.9. The molecule has 0 bridgehead atoms. The number of hydrogen-bond acceptors (Lipinski definition) is 3. The van der Waals surface area contributed by atoms with Gasteiger partial charge in [-0.15, -0.1) is 0 Å². The van der Waals surface area contributed by atoms with E-state index in [0.29, 0.717) is 5.92 Å². The van der Waals surface area contributed by atoms with Gasteiger partial charge >= 0.3 is 0 Å². The monoisotopic (exact) mass is 271 g/mol. The van der Waals surface area contributed by atoms with Gasteiger partial charge in [-0.2, -0.15) is 0 Å². The van der Waals surface area contributed by atoms with Crippen molar-refractivity contribution < 1.29 is 9.47 Å². The van der Waals surface area contributed by atoms with Gasteiger partial charge in [-0.25, -0.2) is 0 Å². The molecule has 0 amide bonds. The van der Waals surface area contributed by atoms with Crippen LogP contribution in [-0.2, 0) is 11.3 Å². The average molecular weight is 271 g/mol. The zero-order chi connectivity index (χ0) is 13.8. The minimum atomic E-state index is 0.649. The van der Waals surface area contributed by atoms with Crippen molar-refractivity contribution in [2.45, 2.75) is 13.0 Å². The Kier molecular flexibility index (Phi) is 4.19. The zero-order valence-corrected chi connectivity index (χ0v) is 11.9. The summed E-state index contributed by atoms with van der Waals surface area (Å²) in [5.41, 5.74) is 1.24. The molecular weight excluding hydrogens is 250 g/mol. The molecule has 1 aliphatic heterocycles. The van der Waals surface area contributed by atoms with Crippen LogP contribution in [0.2, 0.25) is 0 Å². The Morgan fingerprint density at radius 2 is 2.15 bits per heavy atom. The van der Waals surface area contributed by atoms with Gasteiger partial charge in [0.25, 0.3) is 0 Å². The van der Waals surface area contributed by atoms with Gasteiger partial charge in [0.2, 0.25) is 0 Å². The maximum atomic E-state index is 5.51. The van der Waals surface area contributed by atoms with Crippen LogP contribution in [0.5, 0.6) is 5.75 Å². The molecule has 2 aromatic rings. The number of benzene rings is 2. The molecule has 0 radical (unpaired) electrons. The van der Waals surface area contributed by atoms with Crippen LogP contribution in [0.15, 0.2) is 36.4 Å². The van der Waals surface area contributed by atoms with E-state index >= 15 is 0 Å². The second-order valence-electron chi connectivity index (χ2n) is 5.33. The van der Waals surface area contributed by atoms with Crippen molar-refractivity contribution in [1.29, 1.82) is 0 Å². The van der Waals surface area contributed by atoms with Crippen molar-refractivity contribution in [2.75, 3.05) is 26.9 Å². The SMILES string of the molecule is COc1ccc2ccccc2c1CNCC1CCOC1. The lowest BCUT2D eigenvalue weighted by Gasteiger charge is -2.14. The lowest BCUT2D eigenvalue weighted by molar-refractivity contribution is 0.185. The quantitative estimate of drug-likeness (QED) is 0.907. The molecule has 3 rings (SSSR count). The highest BCUT2D eigenvalue weighted by molar-refractivity contribution is 5.87. The molecule has 1 unspecified atom stereocenters. The van der Waals surface area contributed by atoms with Gasteiger partial charge in [-0.05, 0) is 29.2 Å². The topological polar surface area (TPSA) is 30.5 Å². The van der Waals surface area contributed by atoms with Crippen LogP contribution in [0.25, 0.3) is 10.8 Å². The molecule has 0 saturated carbocycles. The Morgan fingerprint density at radius 3 is 2.95 bits per heavy atom. The first-order chi connectivity index (χ1) is 9.88. The molecule has 3 heteroatoms. The molecule has 106 valence electrons. The van der Waals surface area contributed by atoms with E-state index in [1.54, 1.807) is 7.11 Å². The molecule has 0 aromatic heterocycles. The normalized spacial score (nSPS) is 18.6. The summed E-state index contributed by atoms with van der Waals surface area (Å²) in [5, 5.41) is 6.07. The second kappa shape index (κ2) is 6.25. The molecule has 2 aromatic carbocycles. The number of ether oxygens (including phenoxy) is 2.